The van der Waals surface area contributed by atoms with E-state index >= 15 is 0 Å². The van der Waals surface area contributed by atoms with E-state index in [1.54, 1.807) is 40.9 Å². The lowest BCUT2D eigenvalue weighted by Gasteiger charge is -2.30. The number of aliphatic carboxylic acids is 1. The van der Waals surface area contributed by atoms with Crippen molar-refractivity contribution < 1.29 is 19.5 Å². The van der Waals surface area contributed by atoms with E-state index in [2.05, 4.69) is 5.32 Å². The van der Waals surface area contributed by atoms with E-state index in [9.17, 15) is 19.5 Å². The Labute approximate surface area is 164 Å². The maximum Gasteiger partial charge on any atom is 0.311 e. The summed E-state index contributed by atoms with van der Waals surface area (Å²) in [5.41, 5.74) is -0.411. The molecule has 1 aromatic carbocycles. The Balaban J connectivity index is 2.13. The number of nitrogens with zero attached hydrogens (tertiary/aromatic N) is 1. The zero-order valence-corrected chi connectivity index (χ0v) is 16.9. The van der Waals surface area contributed by atoms with Crippen molar-refractivity contribution in [3.05, 3.63) is 35.9 Å². The normalized spacial score (nSPS) is 20.5. The lowest BCUT2D eigenvalue weighted by atomic mass is 9.76. The third-order valence-corrected chi connectivity index (χ3v) is 6.04. The Hall–Kier alpha value is -2.02. The third kappa shape index (κ3) is 4.83. The van der Waals surface area contributed by atoms with Crippen molar-refractivity contribution in [1.82, 2.24) is 10.2 Å². The van der Waals surface area contributed by atoms with Crippen molar-refractivity contribution in [1.29, 1.82) is 0 Å². The van der Waals surface area contributed by atoms with E-state index in [1.807, 2.05) is 26.2 Å². The molecule has 0 aromatic heterocycles. The molecule has 0 aliphatic carbocycles. The average Bonchev–Trinajstić information content (AvgIpc) is 3.12. The fourth-order valence-corrected chi connectivity index (χ4v) is 3.93. The first-order chi connectivity index (χ1) is 12.8. The van der Waals surface area contributed by atoms with Crippen molar-refractivity contribution in [2.75, 3.05) is 25.1 Å². The maximum atomic E-state index is 13.1. The SMILES string of the molecule is CSCCC(NC(=O)c1ccccc1)C(=O)N1CCC(C(=O)O)(C(C)C)C1. The van der Waals surface area contributed by atoms with Crippen LogP contribution >= 0.6 is 11.8 Å². The van der Waals surface area contributed by atoms with Crippen LogP contribution < -0.4 is 5.32 Å². The molecule has 7 heteroatoms. The number of rotatable bonds is 8. The van der Waals surface area contributed by atoms with Crippen LogP contribution in [0.1, 0.15) is 37.0 Å². The summed E-state index contributed by atoms with van der Waals surface area (Å²) in [6.45, 7) is 4.35. The van der Waals surface area contributed by atoms with Crippen LogP contribution in [0.15, 0.2) is 30.3 Å². The predicted octanol–water partition coefficient (Wildman–Crippen LogP) is 2.50. The highest BCUT2D eigenvalue weighted by Crippen LogP contribution is 2.38. The van der Waals surface area contributed by atoms with Gasteiger partial charge in [0.15, 0.2) is 0 Å². The highest BCUT2D eigenvalue weighted by Gasteiger charge is 2.49. The van der Waals surface area contributed by atoms with Gasteiger partial charge in [0, 0.05) is 18.7 Å². The van der Waals surface area contributed by atoms with E-state index in [-0.39, 0.29) is 24.3 Å². The second kappa shape index (κ2) is 9.26. The fourth-order valence-electron chi connectivity index (χ4n) is 3.46. The predicted molar refractivity (Wildman–Crippen MR) is 107 cm³/mol. The number of carbonyl (C=O) groups excluding carboxylic acids is 2. The van der Waals surface area contributed by atoms with Gasteiger partial charge in [-0.2, -0.15) is 11.8 Å². The van der Waals surface area contributed by atoms with Gasteiger partial charge in [-0.25, -0.2) is 0 Å². The smallest absolute Gasteiger partial charge is 0.311 e. The van der Waals surface area contributed by atoms with Gasteiger partial charge in [0.25, 0.3) is 5.91 Å². The molecule has 1 aromatic rings. The van der Waals surface area contributed by atoms with Crippen LogP contribution in [0.4, 0.5) is 0 Å². The van der Waals surface area contributed by atoms with E-state index in [1.165, 1.54) is 0 Å². The molecule has 6 nitrogen and oxygen atoms in total. The summed E-state index contributed by atoms with van der Waals surface area (Å²) in [6, 6.07) is 8.14. The molecule has 1 aliphatic rings. The van der Waals surface area contributed by atoms with Crippen LogP contribution in [0.25, 0.3) is 0 Å². The molecular weight excluding hydrogens is 364 g/mol. The molecule has 1 aliphatic heterocycles. The number of benzene rings is 1. The molecule has 27 heavy (non-hydrogen) atoms. The summed E-state index contributed by atoms with van der Waals surface area (Å²) in [6.07, 6.45) is 2.90. The van der Waals surface area contributed by atoms with Gasteiger partial charge in [-0.05, 0) is 42.9 Å². The van der Waals surface area contributed by atoms with Crippen molar-refractivity contribution in [3.63, 3.8) is 0 Å². The van der Waals surface area contributed by atoms with Crippen LogP contribution in [-0.4, -0.2) is 58.9 Å². The lowest BCUT2D eigenvalue weighted by Crippen LogP contribution is -2.49. The Morgan fingerprint density at radius 3 is 2.44 bits per heavy atom. The maximum absolute atomic E-state index is 13.1. The minimum atomic E-state index is -0.914. The Morgan fingerprint density at radius 1 is 1.26 bits per heavy atom. The van der Waals surface area contributed by atoms with Gasteiger partial charge in [-0.3, -0.25) is 14.4 Å². The number of carbonyl (C=O) groups is 3. The fraction of sp³-hybridized carbons (Fsp3) is 0.550. The monoisotopic (exact) mass is 392 g/mol. The Morgan fingerprint density at radius 2 is 1.93 bits per heavy atom. The van der Waals surface area contributed by atoms with Gasteiger partial charge in [-0.1, -0.05) is 32.0 Å². The molecule has 2 unspecified atom stereocenters. The van der Waals surface area contributed by atoms with Gasteiger partial charge in [-0.15, -0.1) is 0 Å². The summed E-state index contributed by atoms with van der Waals surface area (Å²) in [5.74, 6) is -0.689. The summed E-state index contributed by atoms with van der Waals surface area (Å²) in [4.78, 5) is 39.0. The second-order valence-corrected chi connectivity index (χ2v) is 8.28. The summed E-state index contributed by atoms with van der Waals surface area (Å²) >= 11 is 1.61. The standard InChI is InChI=1S/C20H28N2O4S/c1-14(2)20(19(25)26)10-11-22(13-20)18(24)16(9-12-27-3)21-17(23)15-7-5-4-6-8-15/h4-8,14,16H,9-13H2,1-3H3,(H,21,23)(H,25,26). The van der Waals surface area contributed by atoms with Crippen LogP contribution in [0.3, 0.4) is 0 Å². The van der Waals surface area contributed by atoms with Gasteiger partial charge < -0.3 is 15.3 Å². The third-order valence-electron chi connectivity index (χ3n) is 5.39. The van der Waals surface area contributed by atoms with Gasteiger partial charge >= 0.3 is 5.97 Å². The molecule has 2 rings (SSSR count). The molecule has 2 amide bonds. The Bertz CT molecular complexity index is 680. The first-order valence-corrected chi connectivity index (χ1v) is 10.6. The van der Waals surface area contributed by atoms with E-state index in [0.717, 1.165) is 5.75 Å². The molecule has 1 fully saturated rings. The van der Waals surface area contributed by atoms with Crippen LogP contribution in [0.5, 0.6) is 0 Å². The van der Waals surface area contributed by atoms with Crippen molar-refractivity contribution >= 4 is 29.5 Å². The number of carboxylic acid groups (broad SMARTS) is 1. The van der Waals surface area contributed by atoms with E-state index in [4.69, 9.17) is 0 Å². The molecule has 1 heterocycles. The lowest BCUT2D eigenvalue weighted by molar-refractivity contribution is -0.151. The zero-order valence-electron chi connectivity index (χ0n) is 16.1. The first kappa shape index (κ1) is 21.3. The average molecular weight is 393 g/mol. The second-order valence-electron chi connectivity index (χ2n) is 7.30. The molecule has 0 bridgehead atoms. The number of hydrogen-bond donors (Lipinski definition) is 2. The number of hydrogen-bond acceptors (Lipinski definition) is 4. The molecule has 0 saturated carbocycles. The molecule has 0 radical (unpaired) electrons. The minimum Gasteiger partial charge on any atom is -0.481 e. The molecule has 1 saturated heterocycles. The van der Waals surface area contributed by atoms with Crippen molar-refractivity contribution in [2.45, 2.75) is 32.7 Å². The van der Waals surface area contributed by atoms with Gasteiger partial charge in [0.05, 0.1) is 5.41 Å². The highest BCUT2D eigenvalue weighted by atomic mass is 32.2. The Kier molecular flexibility index (Phi) is 7.30. The van der Waals surface area contributed by atoms with Gasteiger partial charge in [0.2, 0.25) is 5.91 Å². The van der Waals surface area contributed by atoms with Crippen LogP contribution in [0, 0.1) is 11.3 Å². The largest absolute Gasteiger partial charge is 0.481 e. The van der Waals surface area contributed by atoms with E-state index in [0.29, 0.717) is 24.9 Å². The molecule has 148 valence electrons. The van der Waals surface area contributed by atoms with E-state index < -0.39 is 17.4 Å². The molecule has 0 spiro atoms. The number of thioether (sulfide) groups is 1. The minimum absolute atomic E-state index is 0.0728. The van der Waals surface area contributed by atoms with Crippen LogP contribution in [0.2, 0.25) is 0 Å². The van der Waals surface area contributed by atoms with Crippen molar-refractivity contribution in [2.24, 2.45) is 11.3 Å². The zero-order chi connectivity index (χ0) is 20.0. The van der Waals surface area contributed by atoms with Crippen LogP contribution in [-0.2, 0) is 9.59 Å². The number of amides is 2. The molecule has 2 N–H and O–H groups in total. The first-order valence-electron chi connectivity index (χ1n) is 9.19. The van der Waals surface area contributed by atoms with Crippen molar-refractivity contribution in [3.8, 4) is 0 Å². The summed E-state index contributed by atoms with van der Waals surface area (Å²) in [7, 11) is 0. The molecular formula is C20H28N2O4S. The highest BCUT2D eigenvalue weighted by molar-refractivity contribution is 7.98. The number of nitrogens with one attached hydrogen (secondary N) is 1. The number of likely N-dealkylation sites (tertiary alicyclic amines) is 1. The topological polar surface area (TPSA) is 86.7 Å². The number of carboxylic acids is 1. The quantitative estimate of drug-likeness (QED) is 0.710. The molecule has 2 atom stereocenters. The summed E-state index contributed by atoms with van der Waals surface area (Å²) in [5, 5.41) is 12.5. The van der Waals surface area contributed by atoms with Gasteiger partial charge in [0.1, 0.15) is 6.04 Å². The summed E-state index contributed by atoms with van der Waals surface area (Å²) < 4.78 is 0.